The molecule has 4 aliphatic rings. The van der Waals surface area contributed by atoms with Crippen molar-refractivity contribution in [3.8, 4) is 0 Å². The van der Waals surface area contributed by atoms with Crippen molar-refractivity contribution < 1.29 is 9.59 Å². The number of piperidine rings is 1. The second-order valence-corrected chi connectivity index (χ2v) is 11.2. The maximum atomic E-state index is 13.1. The first-order valence-corrected chi connectivity index (χ1v) is 12.9. The van der Waals surface area contributed by atoms with Gasteiger partial charge in [-0.3, -0.25) is 9.59 Å². The molecule has 30 heavy (non-hydrogen) atoms. The van der Waals surface area contributed by atoms with E-state index in [0.717, 1.165) is 63.4 Å². The average Bonchev–Trinajstić information content (AvgIpc) is 3.21. The Morgan fingerprint density at radius 1 is 1.03 bits per heavy atom. The molecule has 2 heterocycles. The third-order valence-electron chi connectivity index (χ3n) is 7.91. The van der Waals surface area contributed by atoms with Crippen LogP contribution in [-0.2, 0) is 9.59 Å². The third kappa shape index (κ3) is 4.02. The van der Waals surface area contributed by atoms with Crippen molar-refractivity contribution in [3.05, 3.63) is 35.9 Å². The molecular formula is C25H34N2O2S. The average molecular weight is 427 g/mol. The maximum Gasteiger partial charge on any atom is 0.226 e. The minimum atomic E-state index is -0.0497. The number of benzene rings is 1. The molecule has 1 aromatic rings. The summed E-state index contributed by atoms with van der Waals surface area (Å²) in [6.45, 7) is 2.49. The van der Waals surface area contributed by atoms with Crippen molar-refractivity contribution in [1.29, 1.82) is 0 Å². The van der Waals surface area contributed by atoms with Gasteiger partial charge in [-0.2, -0.15) is 0 Å². The Kier molecular flexibility index (Phi) is 5.83. The van der Waals surface area contributed by atoms with Gasteiger partial charge in [0.05, 0.1) is 4.87 Å². The molecule has 5 rings (SSSR count). The fourth-order valence-electron chi connectivity index (χ4n) is 5.98. The zero-order valence-corrected chi connectivity index (χ0v) is 18.7. The second-order valence-electron chi connectivity index (χ2n) is 9.71. The summed E-state index contributed by atoms with van der Waals surface area (Å²) in [6, 6.07) is 10.5. The molecule has 4 nitrogen and oxygen atoms in total. The highest BCUT2D eigenvalue weighted by molar-refractivity contribution is 8.00. The Bertz CT molecular complexity index is 769. The van der Waals surface area contributed by atoms with Gasteiger partial charge in [-0.25, -0.2) is 0 Å². The molecule has 2 atom stereocenters. The molecule has 2 aliphatic heterocycles. The smallest absolute Gasteiger partial charge is 0.226 e. The van der Waals surface area contributed by atoms with E-state index < -0.39 is 0 Å². The van der Waals surface area contributed by atoms with E-state index >= 15 is 0 Å². The van der Waals surface area contributed by atoms with E-state index in [1.807, 2.05) is 17.8 Å². The molecule has 0 radical (unpaired) electrons. The third-order valence-corrected chi connectivity index (χ3v) is 9.46. The van der Waals surface area contributed by atoms with Gasteiger partial charge < -0.3 is 9.80 Å². The van der Waals surface area contributed by atoms with Gasteiger partial charge in [0, 0.05) is 37.7 Å². The summed E-state index contributed by atoms with van der Waals surface area (Å²) in [5.41, 5.74) is 1.30. The lowest BCUT2D eigenvalue weighted by atomic mass is 9.98. The molecule has 2 saturated carbocycles. The van der Waals surface area contributed by atoms with E-state index in [4.69, 9.17) is 0 Å². The largest absolute Gasteiger partial charge is 0.342 e. The minimum Gasteiger partial charge on any atom is -0.342 e. The first kappa shape index (κ1) is 20.4. The molecule has 5 heteroatoms. The zero-order chi connectivity index (χ0) is 20.6. The van der Waals surface area contributed by atoms with Crippen LogP contribution in [0.5, 0.6) is 0 Å². The van der Waals surface area contributed by atoms with Crippen molar-refractivity contribution in [3.63, 3.8) is 0 Å². The lowest BCUT2D eigenvalue weighted by Crippen LogP contribution is -2.53. The number of nitrogens with zero attached hydrogens (tertiary/aromatic N) is 2. The van der Waals surface area contributed by atoms with Crippen LogP contribution in [0.2, 0.25) is 0 Å². The Morgan fingerprint density at radius 3 is 2.50 bits per heavy atom. The van der Waals surface area contributed by atoms with Gasteiger partial charge in [-0.05, 0) is 43.1 Å². The monoisotopic (exact) mass is 426 g/mol. The molecule has 1 spiro atoms. The zero-order valence-electron chi connectivity index (χ0n) is 17.9. The summed E-state index contributed by atoms with van der Waals surface area (Å²) >= 11 is 1.96. The van der Waals surface area contributed by atoms with E-state index in [-0.39, 0.29) is 10.8 Å². The van der Waals surface area contributed by atoms with Crippen molar-refractivity contribution in [2.75, 3.05) is 25.4 Å². The number of hydrogen-bond donors (Lipinski definition) is 0. The Morgan fingerprint density at radius 2 is 1.77 bits per heavy atom. The Balaban J connectivity index is 1.14. The van der Waals surface area contributed by atoms with E-state index in [0.29, 0.717) is 17.7 Å². The number of amides is 2. The quantitative estimate of drug-likeness (QED) is 0.688. The van der Waals surface area contributed by atoms with Gasteiger partial charge in [-0.15, -0.1) is 11.8 Å². The highest BCUT2D eigenvalue weighted by atomic mass is 32.2. The lowest BCUT2D eigenvalue weighted by molar-refractivity contribution is -0.138. The van der Waals surface area contributed by atoms with Crippen LogP contribution in [0.25, 0.3) is 0 Å². The fraction of sp³-hybridized carbons (Fsp3) is 0.680. The number of likely N-dealkylation sites (tertiary alicyclic amines) is 1. The van der Waals surface area contributed by atoms with Crippen LogP contribution in [-0.4, -0.2) is 51.9 Å². The standard InChI is InChI=1S/C25H34N2O2S/c28-23(11-10-19-6-4-5-7-19)27-16-17-30-25(27)12-14-26(15-13-25)24(29)22-18-21(22)20-8-2-1-3-9-20/h1-3,8-9,19,21-22H,4-7,10-18H2. The van der Waals surface area contributed by atoms with Gasteiger partial charge in [0.25, 0.3) is 0 Å². The Labute approximate surface area is 184 Å². The Hall–Kier alpha value is -1.49. The molecule has 4 fully saturated rings. The van der Waals surface area contributed by atoms with Crippen LogP contribution in [0, 0.1) is 11.8 Å². The summed E-state index contributed by atoms with van der Waals surface area (Å²) in [5.74, 6) is 3.09. The van der Waals surface area contributed by atoms with Gasteiger partial charge in [-0.1, -0.05) is 56.0 Å². The number of carbonyl (C=O) groups excluding carboxylic acids is 2. The van der Waals surface area contributed by atoms with Gasteiger partial charge in [0.1, 0.15) is 0 Å². The molecule has 0 N–H and O–H groups in total. The van der Waals surface area contributed by atoms with Crippen molar-refractivity contribution in [2.24, 2.45) is 11.8 Å². The van der Waals surface area contributed by atoms with Gasteiger partial charge >= 0.3 is 0 Å². The van der Waals surface area contributed by atoms with Crippen LogP contribution in [0.15, 0.2) is 30.3 Å². The van der Waals surface area contributed by atoms with Crippen molar-refractivity contribution in [1.82, 2.24) is 9.80 Å². The van der Waals surface area contributed by atoms with Crippen LogP contribution in [0.4, 0.5) is 0 Å². The van der Waals surface area contributed by atoms with E-state index in [1.165, 1.54) is 31.2 Å². The van der Waals surface area contributed by atoms with Crippen LogP contribution in [0.1, 0.15) is 69.3 Å². The van der Waals surface area contributed by atoms with Crippen molar-refractivity contribution >= 4 is 23.6 Å². The van der Waals surface area contributed by atoms with Gasteiger partial charge in [0.2, 0.25) is 11.8 Å². The maximum absolute atomic E-state index is 13.1. The summed E-state index contributed by atoms with van der Waals surface area (Å²) < 4.78 is 0. The van der Waals surface area contributed by atoms with Crippen LogP contribution < -0.4 is 0 Å². The normalized spacial score (nSPS) is 28.3. The SMILES string of the molecule is O=C(C1CC1c1ccccc1)N1CCC2(CC1)SCCN2C(=O)CCC1CCCC1. The predicted molar refractivity (Wildman–Crippen MR) is 121 cm³/mol. The first-order valence-electron chi connectivity index (χ1n) is 11.9. The summed E-state index contributed by atoms with van der Waals surface area (Å²) in [6.07, 6.45) is 9.97. The number of thioether (sulfide) groups is 1. The second kappa shape index (κ2) is 8.57. The predicted octanol–water partition coefficient (Wildman–Crippen LogP) is 4.65. The number of hydrogen-bond acceptors (Lipinski definition) is 3. The highest BCUT2D eigenvalue weighted by Crippen LogP contribution is 2.50. The molecule has 1 aromatic carbocycles. The molecule has 2 saturated heterocycles. The number of rotatable bonds is 5. The lowest BCUT2D eigenvalue weighted by Gasteiger charge is -2.44. The minimum absolute atomic E-state index is 0.0497. The highest BCUT2D eigenvalue weighted by Gasteiger charge is 2.50. The summed E-state index contributed by atoms with van der Waals surface area (Å²) in [7, 11) is 0. The fourth-order valence-corrected chi connectivity index (χ4v) is 7.46. The molecular weight excluding hydrogens is 392 g/mol. The van der Waals surface area contributed by atoms with Gasteiger partial charge in [0.15, 0.2) is 0 Å². The molecule has 0 bridgehead atoms. The molecule has 162 valence electrons. The van der Waals surface area contributed by atoms with E-state index in [9.17, 15) is 9.59 Å². The topological polar surface area (TPSA) is 40.6 Å². The number of carbonyl (C=O) groups is 2. The first-order chi connectivity index (χ1) is 14.7. The summed E-state index contributed by atoms with van der Waals surface area (Å²) in [5, 5.41) is 0. The van der Waals surface area contributed by atoms with Crippen LogP contribution in [0.3, 0.4) is 0 Å². The van der Waals surface area contributed by atoms with Crippen molar-refractivity contribution in [2.45, 2.75) is 68.6 Å². The molecule has 2 amide bonds. The molecule has 2 aliphatic carbocycles. The summed E-state index contributed by atoms with van der Waals surface area (Å²) in [4.78, 5) is 30.3. The van der Waals surface area contributed by atoms with E-state index in [1.54, 1.807) is 0 Å². The van der Waals surface area contributed by atoms with Crippen LogP contribution >= 0.6 is 11.8 Å². The van der Waals surface area contributed by atoms with E-state index in [2.05, 4.69) is 34.1 Å². The molecule has 0 aromatic heterocycles. The molecule has 2 unspecified atom stereocenters.